The number of halogens is 2. The zero-order chi connectivity index (χ0) is 14.1. The summed E-state index contributed by atoms with van der Waals surface area (Å²) in [5.41, 5.74) is 0. The maximum atomic E-state index is 13.6. The zero-order valence-corrected chi connectivity index (χ0v) is 11.2. The molecule has 1 N–H and O–H groups in total. The van der Waals surface area contributed by atoms with E-state index in [1.807, 2.05) is 5.38 Å². The molecule has 102 valence electrons. The summed E-state index contributed by atoms with van der Waals surface area (Å²) in [6.07, 6.45) is 0. The average molecular weight is 293 g/mol. The van der Waals surface area contributed by atoms with Crippen LogP contribution in [-0.4, -0.2) is 17.0 Å². The van der Waals surface area contributed by atoms with E-state index in [2.05, 4.69) is 15.3 Å². The molecule has 0 unspecified atom stereocenters. The molecule has 7 heteroatoms. The highest BCUT2D eigenvalue weighted by Crippen LogP contribution is 2.32. The van der Waals surface area contributed by atoms with Crippen molar-refractivity contribution in [1.29, 1.82) is 0 Å². The lowest BCUT2D eigenvalue weighted by atomic mass is 10.3. The van der Waals surface area contributed by atoms with Crippen LogP contribution in [-0.2, 0) is 0 Å². The summed E-state index contributed by atoms with van der Waals surface area (Å²) >= 11 is 1.42. The van der Waals surface area contributed by atoms with Gasteiger partial charge in [-0.3, -0.25) is 0 Å². The van der Waals surface area contributed by atoms with Gasteiger partial charge in [-0.1, -0.05) is 0 Å². The molecule has 0 fully saturated rings. The zero-order valence-electron chi connectivity index (χ0n) is 10.4. The molecule has 2 aromatic heterocycles. The first-order chi connectivity index (χ1) is 9.67. The highest BCUT2D eigenvalue weighted by Gasteiger charge is 2.13. The molecule has 0 saturated carbocycles. The van der Waals surface area contributed by atoms with Gasteiger partial charge >= 0.3 is 0 Å². The van der Waals surface area contributed by atoms with Crippen molar-refractivity contribution in [3.8, 4) is 11.6 Å². The maximum Gasteiger partial charge on any atom is 0.233 e. The smallest absolute Gasteiger partial charge is 0.233 e. The molecule has 0 aliphatic heterocycles. The van der Waals surface area contributed by atoms with Gasteiger partial charge in [0.1, 0.15) is 10.6 Å². The summed E-state index contributed by atoms with van der Waals surface area (Å²) in [6.45, 7) is 0. The van der Waals surface area contributed by atoms with Crippen molar-refractivity contribution in [2.45, 2.75) is 0 Å². The predicted molar refractivity (Wildman–Crippen MR) is 73.4 cm³/mol. The Balaban J connectivity index is 2.07. The van der Waals surface area contributed by atoms with Crippen molar-refractivity contribution in [2.24, 2.45) is 0 Å². The third-order valence-corrected chi connectivity index (χ3v) is 3.42. The van der Waals surface area contributed by atoms with Crippen molar-refractivity contribution in [2.75, 3.05) is 12.4 Å². The summed E-state index contributed by atoms with van der Waals surface area (Å²) in [4.78, 5) is 9.13. The van der Waals surface area contributed by atoms with Crippen molar-refractivity contribution in [3.05, 3.63) is 41.3 Å². The molecule has 20 heavy (non-hydrogen) atoms. The highest BCUT2D eigenvalue weighted by molar-refractivity contribution is 7.16. The van der Waals surface area contributed by atoms with E-state index in [0.717, 1.165) is 17.0 Å². The fourth-order valence-corrected chi connectivity index (χ4v) is 2.43. The SMILES string of the molecule is CNc1nc(Oc2ccc(F)cc2F)c2ccsc2n1. The normalized spacial score (nSPS) is 10.8. The topological polar surface area (TPSA) is 47.0 Å². The number of fused-ring (bicyclic) bond motifs is 1. The fourth-order valence-electron chi connectivity index (χ4n) is 1.68. The Morgan fingerprint density at radius 2 is 2.05 bits per heavy atom. The molecule has 0 amide bonds. The van der Waals surface area contributed by atoms with Gasteiger partial charge in [0.15, 0.2) is 11.6 Å². The van der Waals surface area contributed by atoms with E-state index in [1.54, 1.807) is 13.1 Å². The van der Waals surface area contributed by atoms with Crippen LogP contribution in [0.5, 0.6) is 11.6 Å². The second-order valence-electron chi connectivity index (χ2n) is 3.92. The lowest BCUT2D eigenvalue weighted by molar-refractivity contribution is 0.428. The molecule has 4 nitrogen and oxygen atoms in total. The Morgan fingerprint density at radius 1 is 1.20 bits per heavy atom. The van der Waals surface area contributed by atoms with Gasteiger partial charge in [0.2, 0.25) is 11.8 Å². The minimum absolute atomic E-state index is 0.0837. The van der Waals surface area contributed by atoms with Crippen molar-refractivity contribution >= 4 is 27.5 Å². The van der Waals surface area contributed by atoms with Crippen LogP contribution in [0.15, 0.2) is 29.6 Å². The van der Waals surface area contributed by atoms with Crippen LogP contribution < -0.4 is 10.1 Å². The lowest BCUT2D eigenvalue weighted by Crippen LogP contribution is -1.99. The second kappa shape index (κ2) is 5.01. The van der Waals surface area contributed by atoms with E-state index in [1.165, 1.54) is 17.4 Å². The predicted octanol–water partition coefficient (Wildman–Crippen LogP) is 3.80. The van der Waals surface area contributed by atoms with Crippen molar-refractivity contribution in [1.82, 2.24) is 9.97 Å². The molecule has 0 bridgehead atoms. The number of rotatable bonds is 3. The Labute approximate surface area is 117 Å². The Bertz CT molecular complexity index is 775. The number of nitrogens with one attached hydrogen (secondary N) is 1. The van der Waals surface area contributed by atoms with Crippen LogP contribution in [0.3, 0.4) is 0 Å². The van der Waals surface area contributed by atoms with Crippen LogP contribution in [0.2, 0.25) is 0 Å². The van der Waals surface area contributed by atoms with Gasteiger partial charge in [-0.15, -0.1) is 11.3 Å². The molecule has 3 rings (SSSR count). The molecular weight excluding hydrogens is 284 g/mol. The number of thiophene rings is 1. The summed E-state index contributed by atoms with van der Waals surface area (Å²) < 4.78 is 32.0. The fraction of sp³-hybridized carbons (Fsp3) is 0.0769. The summed E-state index contributed by atoms with van der Waals surface area (Å²) in [7, 11) is 1.68. The first kappa shape index (κ1) is 12.7. The van der Waals surface area contributed by atoms with Gasteiger partial charge in [-0.25, -0.2) is 13.8 Å². The Hall–Kier alpha value is -2.28. The molecule has 0 atom stereocenters. The third-order valence-electron chi connectivity index (χ3n) is 2.61. The Kier molecular flexibility index (Phi) is 3.19. The monoisotopic (exact) mass is 293 g/mol. The first-order valence-electron chi connectivity index (χ1n) is 5.73. The minimum Gasteiger partial charge on any atom is -0.435 e. The van der Waals surface area contributed by atoms with E-state index < -0.39 is 11.6 Å². The largest absolute Gasteiger partial charge is 0.435 e. The van der Waals surface area contributed by atoms with Crippen LogP contribution in [0.4, 0.5) is 14.7 Å². The first-order valence-corrected chi connectivity index (χ1v) is 6.61. The maximum absolute atomic E-state index is 13.6. The summed E-state index contributed by atoms with van der Waals surface area (Å²) in [6, 6.07) is 4.91. The van der Waals surface area contributed by atoms with Crippen molar-refractivity contribution < 1.29 is 13.5 Å². The van der Waals surface area contributed by atoms with E-state index in [-0.39, 0.29) is 11.6 Å². The molecule has 2 heterocycles. The van der Waals surface area contributed by atoms with Gasteiger partial charge in [-0.2, -0.15) is 4.98 Å². The van der Waals surface area contributed by atoms with Crippen LogP contribution >= 0.6 is 11.3 Å². The number of aromatic nitrogens is 2. The average Bonchev–Trinajstić information content (AvgIpc) is 2.90. The molecule has 0 saturated heterocycles. The lowest BCUT2D eigenvalue weighted by Gasteiger charge is -2.08. The number of anilines is 1. The van der Waals surface area contributed by atoms with Gasteiger partial charge in [0.05, 0.1) is 5.39 Å². The van der Waals surface area contributed by atoms with Gasteiger partial charge in [0, 0.05) is 13.1 Å². The van der Waals surface area contributed by atoms with Gasteiger partial charge in [0.25, 0.3) is 0 Å². The number of nitrogens with zero attached hydrogens (tertiary/aromatic N) is 2. The Morgan fingerprint density at radius 3 is 2.80 bits per heavy atom. The summed E-state index contributed by atoms with van der Waals surface area (Å²) in [5, 5.41) is 5.33. The van der Waals surface area contributed by atoms with Crippen molar-refractivity contribution in [3.63, 3.8) is 0 Å². The van der Waals surface area contributed by atoms with Crippen LogP contribution in [0.1, 0.15) is 0 Å². The molecule has 0 aliphatic carbocycles. The molecule has 0 radical (unpaired) electrons. The van der Waals surface area contributed by atoms with E-state index >= 15 is 0 Å². The number of ether oxygens (including phenoxy) is 1. The molecular formula is C13H9F2N3OS. The third kappa shape index (κ3) is 2.27. The van der Waals surface area contributed by atoms with E-state index in [9.17, 15) is 8.78 Å². The standard InChI is InChI=1S/C13H9F2N3OS/c1-16-13-17-11(8-4-5-20-12(8)18-13)19-10-3-2-7(14)6-9(10)15/h2-6H,1H3,(H,16,17,18). The molecule has 0 aliphatic rings. The quantitative estimate of drug-likeness (QED) is 0.798. The number of benzene rings is 1. The number of hydrogen-bond donors (Lipinski definition) is 1. The molecule has 1 aromatic carbocycles. The van der Waals surface area contributed by atoms with Crippen LogP contribution in [0, 0.1) is 11.6 Å². The minimum atomic E-state index is -0.780. The molecule has 3 aromatic rings. The van der Waals surface area contributed by atoms with Gasteiger partial charge in [-0.05, 0) is 23.6 Å². The molecule has 0 spiro atoms. The second-order valence-corrected chi connectivity index (χ2v) is 4.81. The van der Waals surface area contributed by atoms with Gasteiger partial charge < -0.3 is 10.1 Å². The van der Waals surface area contributed by atoms with E-state index in [4.69, 9.17) is 4.74 Å². The van der Waals surface area contributed by atoms with Crippen LogP contribution in [0.25, 0.3) is 10.2 Å². The number of hydrogen-bond acceptors (Lipinski definition) is 5. The van der Waals surface area contributed by atoms with E-state index in [0.29, 0.717) is 11.3 Å². The summed E-state index contributed by atoms with van der Waals surface area (Å²) in [5.74, 6) is -0.921. The highest BCUT2D eigenvalue weighted by atomic mass is 32.1.